The van der Waals surface area contributed by atoms with Crippen LogP contribution in [0.25, 0.3) is 0 Å². The molecule has 0 spiro atoms. The van der Waals surface area contributed by atoms with Gasteiger partial charge in [-0.1, -0.05) is 6.07 Å². The SMILES string of the molecule is O=C1C=COC(c2ccc(F)c(Br)c2)C1. The molecule has 1 aromatic rings. The average Bonchev–Trinajstić information content (AvgIpc) is 2.22. The van der Waals surface area contributed by atoms with Crippen LogP contribution in [0.1, 0.15) is 18.1 Å². The van der Waals surface area contributed by atoms with E-state index in [2.05, 4.69) is 15.9 Å². The summed E-state index contributed by atoms with van der Waals surface area (Å²) in [6, 6.07) is 4.61. The zero-order chi connectivity index (χ0) is 10.8. The standard InChI is InChI=1S/C11H8BrFO2/c12-9-5-7(1-2-10(9)13)11-6-8(14)3-4-15-11/h1-5,11H,6H2. The number of ketones is 1. The van der Waals surface area contributed by atoms with Crippen molar-refractivity contribution < 1.29 is 13.9 Å². The van der Waals surface area contributed by atoms with Gasteiger partial charge in [0.25, 0.3) is 0 Å². The minimum absolute atomic E-state index is 0.0201. The molecule has 0 radical (unpaired) electrons. The van der Waals surface area contributed by atoms with Crippen LogP contribution in [0, 0.1) is 5.82 Å². The van der Waals surface area contributed by atoms with Gasteiger partial charge in [0, 0.05) is 6.08 Å². The molecule has 0 N–H and O–H groups in total. The van der Waals surface area contributed by atoms with Crippen LogP contribution in [0.3, 0.4) is 0 Å². The summed E-state index contributed by atoms with van der Waals surface area (Å²) in [4.78, 5) is 11.1. The van der Waals surface area contributed by atoms with Crippen LogP contribution in [0.5, 0.6) is 0 Å². The molecule has 1 unspecified atom stereocenters. The molecule has 1 aromatic carbocycles. The fourth-order valence-electron chi connectivity index (χ4n) is 1.42. The van der Waals surface area contributed by atoms with Gasteiger partial charge in [-0.25, -0.2) is 4.39 Å². The fraction of sp³-hybridized carbons (Fsp3) is 0.182. The van der Waals surface area contributed by atoms with Crippen molar-refractivity contribution in [2.24, 2.45) is 0 Å². The van der Waals surface area contributed by atoms with Gasteiger partial charge in [-0.3, -0.25) is 4.79 Å². The van der Waals surface area contributed by atoms with Gasteiger partial charge in [-0.2, -0.15) is 0 Å². The first kappa shape index (κ1) is 10.4. The molecule has 0 saturated heterocycles. The van der Waals surface area contributed by atoms with Crippen molar-refractivity contribution in [2.45, 2.75) is 12.5 Å². The molecule has 2 rings (SSSR count). The van der Waals surface area contributed by atoms with E-state index >= 15 is 0 Å². The van der Waals surface area contributed by atoms with Crippen LogP contribution in [0.4, 0.5) is 4.39 Å². The summed E-state index contributed by atoms with van der Waals surface area (Å²) in [6.45, 7) is 0. The van der Waals surface area contributed by atoms with Gasteiger partial charge < -0.3 is 4.74 Å². The Kier molecular flexibility index (Phi) is 2.86. The van der Waals surface area contributed by atoms with Crippen LogP contribution in [-0.4, -0.2) is 5.78 Å². The first-order valence-corrected chi connectivity index (χ1v) is 5.26. The molecule has 0 saturated carbocycles. The zero-order valence-electron chi connectivity index (χ0n) is 7.74. The quantitative estimate of drug-likeness (QED) is 0.784. The van der Waals surface area contributed by atoms with Gasteiger partial charge >= 0.3 is 0 Å². The van der Waals surface area contributed by atoms with E-state index in [1.807, 2.05) is 0 Å². The van der Waals surface area contributed by atoms with Gasteiger partial charge in [0.15, 0.2) is 5.78 Å². The van der Waals surface area contributed by atoms with E-state index in [1.165, 1.54) is 18.4 Å². The van der Waals surface area contributed by atoms with E-state index < -0.39 is 0 Å². The van der Waals surface area contributed by atoms with E-state index in [1.54, 1.807) is 12.1 Å². The van der Waals surface area contributed by atoms with Crippen molar-refractivity contribution in [3.05, 3.63) is 46.4 Å². The number of carbonyl (C=O) groups excluding carboxylic acids is 1. The van der Waals surface area contributed by atoms with Crippen molar-refractivity contribution in [3.8, 4) is 0 Å². The smallest absolute Gasteiger partial charge is 0.162 e. The molecule has 1 heterocycles. The van der Waals surface area contributed by atoms with Crippen LogP contribution >= 0.6 is 15.9 Å². The minimum atomic E-state index is -0.323. The second kappa shape index (κ2) is 4.14. The van der Waals surface area contributed by atoms with E-state index in [4.69, 9.17) is 4.74 Å². The van der Waals surface area contributed by atoms with E-state index in [-0.39, 0.29) is 17.7 Å². The number of rotatable bonds is 1. The molecule has 1 aliphatic heterocycles. The summed E-state index contributed by atoms with van der Waals surface area (Å²) in [7, 11) is 0. The largest absolute Gasteiger partial charge is 0.493 e. The van der Waals surface area contributed by atoms with Crippen LogP contribution in [0.2, 0.25) is 0 Å². The number of benzene rings is 1. The molecule has 2 nitrogen and oxygen atoms in total. The Hall–Kier alpha value is -1.16. The predicted molar refractivity (Wildman–Crippen MR) is 56.7 cm³/mol. The summed E-state index contributed by atoms with van der Waals surface area (Å²) in [5, 5.41) is 0. The number of hydrogen-bond acceptors (Lipinski definition) is 2. The van der Waals surface area contributed by atoms with Crippen molar-refractivity contribution >= 4 is 21.7 Å². The van der Waals surface area contributed by atoms with Gasteiger partial charge in [0.05, 0.1) is 17.2 Å². The molecule has 78 valence electrons. The summed E-state index contributed by atoms with van der Waals surface area (Å²) in [5.74, 6) is -0.303. The first-order valence-electron chi connectivity index (χ1n) is 4.46. The lowest BCUT2D eigenvalue weighted by molar-refractivity contribution is -0.118. The van der Waals surface area contributed by atoms with Crippen molar-refractivity contribution in [2.75, 3.05) is 0 Å². The van der Waals surface area contributed by atoms with Crippen molar-refractivity contribution in [1.29, 1.82) is 0 Å². The highest BCUT2D eigenvalue weighted by atomic mass is 79.9. The molecule has 1 atom stereocenters. The minimum Gasteiger partial charge on any atom is -0.493 e. The third-order valence-electron chi connectivity index (χ3n) is 2.20. The number of carbonyl (C=O) groups is 1. The van der Waals surface area contributed by atoms with Crippen LogP contribution in [-0.2, 0) is 9.53 Å². The lowest BCUT2D eigenvalue weighted by Gasteiger charge is -2.19. The molecule has 4 heteroatoms. The van der Waals surface area contributed by atoms with Gasteiger partial charge in [-0.05, 0) is 33.6 Å². The Bertz CT molecular complexity index is 429. The molecule has 1 aliphatic rings. The summed E-state index contributed by atoms with van der Waals surface area (Å²) in [5.41, 5.74) is 0.793. The molecular weight excluding hydrogens is 263 g/mol. The first-order chi connectivity index (χ1) is 7.16. The van der Waals surface area contributed by atoms with Crippen molar-refractivity contribution in [3.63, 3.8) is 0 Å². The zero-order valence-corrected chi connectivity index (χ0v) is 9.33. The Morgan fingerprint density at radius 2 is 2.27 bits per heavy atom. The Labute approximate surface area is 94.9 Å². The lowest BCUT2D eigenvalue weighted by Crippen LogP contribution is -2.11. The third-order valence-corrected chi connectivity index (χ3v) is 2.81. The number of halogens is 2. The maximum atomic E-state index is 13.0. The van der Waals surface area contributed by atoms with Crippen molar-refractivity contribution in [1.82, 2.24) is 0 Å². The monoisotopic (exact) mass is 270 g/mol. The Balaban J connectivity index is 2.26. The Morgan fingerprint density at radius 3 is 2.93 bits per heavy atom. The highest BCUT2D eigenvalue weighted by Gasteiger charge is 2.19. The maximum absolute atomic E-state index is 13.0. The predicted octanol–water partition coefficient (Wildman–Crippen LogP) is 3.13. The lowest BCUT2D eigenvalue weighted by atomic mass is 10.0. The number of allylic oxidation sites excluding steroid dienone is 1. The van der Waals surface area contributed by atoms with E-state index in [0.717, 1.165) is 5.56 Å². The molecule has 0 fully saturated rings. The van der Waals surface area contributed by atoms with Crippen LogP contribution < -0.4 is 0 Å². The van der Waals surface area contributed by atoms with Gasteiger partial charge in [0.1, 0.15) is 11.9 Å². The molecule has 15 heavy (non-hydrogen) atoms. The second-order valence-electron chi connectivity index (χ2n) is 3.27. The summed E-state index contributed by atoms with van der Waals surface area (Å²) >= 11 is 3.09. The molecule has 0 bridgehead atoms. The topological polar surface area (TPSA) is 26.3 Å². The molecule has 0 amide bonds. The van der Waals surface area contributed by atoms with Gasteiger partial charge in [0.2, 0.25) is 0 Å². The third kappa shape index (κ3) is 2.26. The highest BCUT2D eigenvalue weighted by molar-refractivity contribution is 9.10. The number of ether oxygens (including phenoxy) is 1. The molecule has 0 aliphatic carbocycles. The fourth-order valence-corrected chi connectivity index (χ4v) is 1.81. The Morgan fingerprint density at radius 1 is 1.47 bits per heavy atom. The normalized spacial score (nSPS) is 20.1. The average molecular weight is 271 g/mol. The second-order valence-corrected chi connectivity index (χ2v) is 4.13. The van der Waals surface area contributed by atoms with E-state index in [0.29, 0.717) is 10.9 Å². The van der Waals surface area contributed by atoms with E-state index in [9.17, 15) is 9.18 Å². The number of hydrogen-bond donors (Lipinski definition) is 0. The highest BCUT2D eigenvalue weighted by Crippen LogP contribution is 2.28. The molecule has 0 aromatic heterocycles. The summed E-state index contributed by atoms with van der Waals surface area (Å²) in [6.07, 6.45) is 2.77. The molecular formula is C11H8BrFO2. The van der Waals surface area contributed by atoms with Gasteiger partial charge in [-0.15, -0.1) is 0 Å². The maximum Gasteiger partial charge on any atom is 0.162 e. The summed E-state index contributed by atoms with van der Waals surface area (Å²) < 4.78 is 18.6. The van der Waals surface area contributed by atoms with Crippen LogP contribution in [0.15, 0.2) is 35.0 Å².